The number of carbonyl (C=O) groups is 1. The number of hydrogen-bond acceptors (Lipinski definition) is 3. The van der Waals surface area contributed by atoms with Crippen LogP contribution >= 0.6 is 0 Å². The van der Waals surface area contributed by atoms with Gasteiger partial charge in [-0.1, -0.05) is 0 Å². The number of hydrogen-bond donors (Lipinski definition) is 1. The molecule has 0 radical (unpaired) electrons. The molecule has 0 aliphatic carbocycles. The van der Waals surface area contributed by atoms with E-state index in [-0.39, 0.29) is 12.1 Å². The van der Waals surface area contributed by atoms with Gasteiger partial charge < -0.3 is 5.11 Å². The molecule has 78 valence electrons. The summed E-state index contributed by atoms with van der Waals surface area (Å²) in [6, 6.07) is 3.14. The third-order valence-electron chi connectivity index (χ3n) is 2.34. The van der Waals surface area contributed by atoms with Crippen LogP contribution in [0.4, 0.5) is 0 Å². The van der Waals surface area contributed by atoms with Crippen LogP contribution in [-0.2, 0) is 11.3 Å². The van der Waals surface area contributed by atoms with Crippen molar-refractivity contribution < 1.29 is 14.7 Å². The third kappa shape index (κ3) is 2.51. The maximum Gasteiger partial charge on any atom is 0.335 e. The Hall–Kier alpha value is -1.93. The van der Waals surface area contributed by atoms with Gasteiger partial charge in [0.15, 0.2) is 0 Å². The normalized spacial score (nSPS) is 9.47. The van der Waals surface area contributed by atoms with Gasteiger partial charge in [0.2, 0.25) is 6.08 Å². The Morgan fingerprint density at radius 3 is 2.67 bits per heavy atom. The van der Waals surface area contributed by atoms with Gasteiger partial charge in [-0.15, -0.1) is 0 Å². The Morgan fingerprint density at radius 2 is 2.13 bits per heavy atom. The highest BCUT2D eigenvalue weighted by atomic mass is 16.4. The highest BCUT2D eigenvalue weighted by Crippen LogP contribution is 2.17. The first-order chi connectivity index (χ1) is 7.06. The Bertz CT molecular complexity index is 445. The van der Waals surface area contributed by atoms with Crippen LogP contribution < -0.4 is 0 Å². The van der Waals surface area contributed by atoms with Crippen LogP contribution in [0.15, 0.2) is 17.1 Å². The molecule has 15 heavy (non-hydrogen) atoms. The van der Waals surface area contributed by atoms with Gasteiger partial charge in [-0.3, -0.25) is 0 Å². The van der Waals surface area contributed by atoms with E-state index in [1.807, 2.05) is 13.8 Å². The Balaban J connectivity index is 3.24. The fourth-order valence-corrected chi connectivity index (χ4v) is 1.34. The van der Waals surface area contributed by atoms with Crippen molar-refractivity contribution >= 4 is 12.0 Å². The fraction of sp³-hybridized carbons (Fsp3) is 0.273. The molecule has 0 amide bonds. The van der Waals surface area contributed by atoms with Gasteiger partial charge in [-0.25, -0.2) is 14.6 Å². The summed E-state index contributed by atoms with van der Waals surface area (Å²) in [5, 5.41) is 8.84. The predicted octanol–water partition coefficient (Wildman–Crippen LogP) is 1.84. The number of benzene rings is 1. The number of carbonyl (C=O) groups excluding carboxylic acids is 1. The molecule has 1 aromatic carbocycles. The van der Waals surface area contributed by atoms with Gasteiger partial charge in [0.1, 0.15) is 0 Å². The summed E-state index contributed by atoms with van der Waals surface area (Å²) in [4.78, 5) is 24.2. The van der Waals surface area contributed by atoms with Gasteiger partial charge in [0.25, 0.3) is 0 Å². The SMILES string of the molecule is Cc1cc(C(=O)O)cc(CN=C=O)c1C. The molecule has 0 saturated heterocycles. The van der Waals surface area contributed by atoms with Crippen molar-refractivity contribution in [1.82, 2.24) is 0 Å². The average molecular weight is 205 g/mol. The molecule has 0 saturated carbocycles. The zero-order valence-corrected chi connectivity index (χ0v) is 8.57. The molecule has 0 aliphatic heterocycles. The van der Waals surface area contributed by atoms with Crippen molar-refractivity contribution in [3.05, 3.63) is 34.4 Å². The zero-order chi connectivity index (χ0) is 11.4. The second-order valence-electron chi connectivity index (χ2n) is 3.29. The van der Waals surface area contributed by atoms with Gasteiger partial charge in [0.05, 0.1) is 12.1 Å². The van der Waals surface area contributed by atoms with Crippen molar-refractivity contribution in [2.45, 2.75) is 20.4 Å². The summed E-state index contributed by atoms with van der Waals surface area (Å²) >= 11 is 0. The molecular formula is C11H11NO3. The molecule has 0 unspecified atom stereocenters. The fourth-order valence-electron chi connectivity index (χ4n) is 1.34. The second-order valence-corrected chi connectivity index (χ2v) is 3.29. The summed E-state index contributed by atoms with van der Waals surface area (Å²) in [6.45, 7) is 3.88. The highest BCUT2D eigenvalue weighted by molar-refractivity contribution is 5.88. The molecule has 0 spiro atoms. The molecule has 0 aliphatic rings. The highest BCUT2D eigenvalue weighted by Gasteiger charge is 2.08. The predicted molar refractivity (Wildman–Crippen MR) is 54.7 cm³/mol. The molecule has 0 atom stereocenters. The summed E-state index contributed by atoms with van der Waals surface area (Å²) in [5.41, 5.74) is 2.80. The average Bonchev–Trinajstić information content (AvgIpc) is 2.19. The Morgan fingerprint density at radius 1 is 1.47 bits per heavy atom. The standard InChI is InChI=1S/C11H11NO3/c1-7-3-9(11(14)15)4-10(8(7)2)5-12-6-13/h3-4H,5H2,1-2H3,(H,14,15). The largest absolute Gasteiger partial charge is 0.478 e. The number of isocyanates is 1. The van der Waals surface area contributed by atoms with E-state index in [4.69, 9.17) is 5.11 Å². The Kier molecular flexibility index (Phi) is 3.37. The van der Waals surface area contributed by atoms with E-state index in [9.17, 15) is 9.59 Å². The molecule has 4 nitrogen and oxygen atoms in total. The van der Waals surface area contributed by atoms with Crippen LogP contribution in [0.3, 0.4) is 0 Å². The van der Waals surface area contributed by atoms with Crippen molar-refractivity contribution in [1.29, 1.82) is 0 Å². The lowest BCUT2D eigenvalue weighted by molar-refractivity contribution is 0.0696. The number of rotatable bonds is 3. The molecule has 0 bridgehead atoms. The lowest BCUT2D eigenvalue weighted by atomic mass is 9.99. The number of aromatic carboxylic acids is 1. The van der Waals surface area contributed by atoms with Crippen molar-refractivity contribution in [3.8, 4) is 0 Å². The number of aryl methyl sites for hydroxylation is 1. The number of carboxylic acid groups (broad SMARTS) is 1. The quantitative estimate of drug-likeness (QED) is 0.604. The monoisotopic (exact) mass is 205 g/mol. The minimum Gasteiger partial charge on any atom is -0.478 e. The van der Waals surface area contributed by atoms with Gasteiger partial charge >= 0.3 is 5.97 Å². The lowest BCUT2D eigenvalue weighted by Crippen LogP contribution is -2.01. The molecule has 4 heteroatoms. The number of nitrogens with zero attached hydrogens (tertiary/aromatic N) is 1. The van der Waals surface area contributed by atoms with E-state index < -0.39 is 5.97 Å². The van der Waals surface area contributed by atoms with Crippen LogP contribution in [0.1, 0.15) is 27.0 Å². The molecular weight excluding hydrogens is 194 g/mol. The van der Waals surface area contributed by atoms with E-state index in [1.54, 1.807) is 6.07 Å². The van der Waals surface area contributed by atoms with Crippen molar-refractivity contribution in [3.63, 3.8) is 0 Å². The molecule has 0 aromatic heterocycles. The first kappa shape index (κ1) is 11.1. The number of carboxylic acids is 1. The third-order valence-corrected chi connectivity index (χ3v) is 2.34. The van der Waals surface area contributed by atoms with Crippen molar-refractivity contribution in [2.75, 3.05) is 0 Å². The van der Waals surface area contributed by atoms with E-state index >= 15 is 0 Å². The lowest BCUT2D eigenvalue weighted by Gasteiger charge is -2.07. The van der Waals surface area contributed by atoms with E-state index in [0.717, 1.165) is 16.7 Å². The minimum atomic E-state index is -0.977. The molecule has 1 aromatic rings. The molecule has 1 N–H and O–H groups in total. The molecule has 1 rings (SSSR count). The first-order valence-electron chi connectivity index (χ1n) is 4.43. The summed E-state index contributed by atoms with van der Waals surface area (Å²) in [5.74, 6) is -0.977. The van der Waals surface area contributed by atoms with Crippen LogP contribution in [-0.4, -0.2) is 17.2 Å². The zero-order valence-electron chi connectivity index (χ0n) is 8.57. The first-order valence-corrected chi connectivity index (χ1v) is 4.43. The van der Waals surface area contributed by atoms with Crippen LogP contribution in [0.25, 0.3) is 0 Å². The Labute approximate surface area is 87.3 Å². The van der Waals surface area contributed by atoms with E-state index in [1.165, 1.54) is 12.1 Å². The minimum absolute atomic E-state index is 0.178. The van der Waals surface area contributed by atoms with Gasteiger partial charge in [-0.2, -0.15) is 0 Å². The summed E-state index contributed by atoms with van der Waals surface area (Å²) in [7, 11) is 0. The van der Waals surface area contributed by atoms with E-state index in [2.05, 4.69) is 4.99 Å². The molecule has 0 fully saturated rings. The summed E-state index contributed by atoms with van der Waals surface area (Å²) in [6.07, 6.45) is 1.44. The number of aliphatic imine (C=N–C) groups is 1. The molecule has 0 heterocycles. The van der Waals surface area contributed by atoms with Gasteiger partial charge in [-0.05, 0) is 42.7 Å². The second kappa shape index (κ2) is 4.53. The van der Waals surface area contributed by atoms with E-state index in [0.29, 0.717) is 0 Å². The van der Waals surface area contributed by atoms with Crippen molar-refractivity contribution in [2.24, 2.45) is 4.99 Å². The van der Waals surface area contributed by atoms with Crippen LogP contribution in [0, 0.1) is 13.8 Å². The van der Waals surface area contributed by atoms with Gasteiger partial charge in [0, 0.05) is 0 Å². The maximum atomic E-state index is 10.8. The summed E-state index contributed by atoms with van der Waals surface area (Å²) < 4.78 is 0. The topological polar surface area (TPSA) is 66.7 Å². The van der Waals surface area contributed by atoms with Crippen LogP contribution in [0.2, 0.25) is 0 Å². The van der Waals surface area contributed by atoms with Crippen LogP contribution in [0.5, 0.6) is 0 Å². The smallest absolute Gasteiger partial charge is 0.335 e. The maximum absolute atomic E-state index is 10.8.